The third-order valence-corrected chi connectivity index (χ3v) is 3.97. The summed E-state index contributed by atoms with van der Waals surface area (Å²) in [6, 6.07) is 17.3. The molecule has 0 saturated carbocycles. The van der Waals surface area contributed by atoms with E-state index in [1.54, 1.807) is 18.2 Å². The van der Waals surface area contributed by atoms with Crippen LogP contribution >= 0.6 is 0 Å². The first kappa shape index (κ1) is 16.0. The minimum atomic E-state index is -0.328. The van der Waals surface area contributed by atoms with Gasteiger partial charge in [0.1, 0.15) is 5.82 Å². The zero-order chi connectivity index (χ0) is 18.1. The molecule has 0 radical (unpaired) electrons. The predicted octanol–water partition coefficient (Wildman–Crippen LogP) is 3.13. The minimum Gasteiger partial charge on any atom is -0.325 e. The topological polar surface area (TPSA) is 64.2 Å². The van der Waals surface area contributed by atoms with Gasteiger partial charge in [0.15, 0.2) is 5.65 Å². The molecule has 26 heavy (non-hydrogen) atoms. The Bertz CT molecular complexity index is 1120. The van der Waals surface area contributed by atoms with Gasteiger partial charge in [0, 0.05) is 17.4 Å². The zero-order valence-corrected chi connectivity index (χ0v) is 14.1. The van der Waals surface area contributed by atoms with Gasteiger partial charge in [-0.25, -0.2) is 23.3 Å². The molecule has 0 spiro atoms. The fourth-order valence-corrected chi connectivity index (χ4v) is 2.76. The van der Waals surface area contributed by atoms with Crippen LogP contribution < -0.4 is 11.0 Å². The van der Waals surface area contributed by atoms with Gasteiger partial charge in [0.05, 0.1) is 6.54 Å². The fraction of sp³-hybridized carbons (Fsp3) is 0.105. The van der Waals surface area contributed by atoms with E-state index in [1.807, 2.05) is 37.3 Å². The summed E-state index contributed by atoms with van der Waals surface area (Å²) in [6.45, 7) is 2.20. The summed E-state index contributed by atoms with van der Waals surface area (Å²) in [7, 11) is 0. The number of aryl methyl sites for hydroxylation is 1. The lowest BCUT2D eigenvalue weighted by molar-refractivity contribution is 0.628. The summed E-state index contributed by atoms with van der Waals surface area (Å²) in [5.41, 5.74) is 2.55. The molecular formula is C19H16FN5O. The van der Waals surface area contributed by atoms with Gasteiger partial charge in [0.25, 0.3) is 0 Å². The molecule has 2 aromatic carbocycles. The number of anilines is 2. The van der Waals surface area contributed by atoms with Crippen molar-refractivity contribution in [3.63, 3.8) is 0 Å². The maximum Gasteiger partial charge on any atom is 0.353 e. The molecule has 0 amide bonds. The lowest BCUT2D eigenvalue weighted by Gasteiger charge is -2.07. The van der Waals surface area contributed by atoms with Gasteiger partial charge in [-0.1, -0.05) is 30.3 Å². The van der Waals surface area contributed by atoms with Gasteiger partial charge in [-0.3, -0.25) is 0 Å². The summed E-state index contributed by atoms with van der Waals surface area (Å²) >= 11 is 0. The Morgan fingerprint density at radius 2 is 1.81 bits per heavy atom. The second-order valence-electron chi connectivity index (χ2n) is 5.97. The molecule has 0 aliphatic carbocycles. The Balaban J connectivity index is 1.78. The van der Waals surface area contributed by atoms with Crippen molar-refractivity contribution in [1.82, 2.24) is 19.2 Å². The van der Waals surface area contributed by atoms with Crippen LogP contribution in [0.3, 0.4) is 0 Å². The number of benzene rings is 2. The van der Waals surface area contributed by atoms with Gasteiger partial charge >= 0.3 is 5.69 Å². The number of hydrogen-bond donors (Lipinski definition) is 1. The van der Waals surface area contributed by atoms with Gasteiger partial charge in [-0.15, -0.1) is 5.10 Å². The second-order valence-corrected chi connectivity index (χ2v) is 5.97. The number of nitrogens with one attached hydrogen (secondary N) is 1. The molecule has 2 heterocycles. The van der Waals surface area contributed by atoms with Crippen molar-refractivity contribution in [2.75, 3.05) is 5.32 Å². The van der Waals surface area contributed by atoms with Crippen molar-refractivity contribution in [3.8, 4) is 0 Å². The predicted molar refractivity (Wildman–Crippen MR) is 97.2 cm³/mol. The Labute approximate surface area is 148 Å². The van der Waals surface area contributed by atoms with Crippen LogP contribution in [0.15, 0.2) is 65.5 Å². The van der Waals surface area contributed by atoms with E-state index in [0.717, 1.165) is 11.3 Å². The zero-order valence-electron chi connectivity index (χ0n) is 14.1. The molecule has 4 aromatic rings. The molecule has 0 unspecified atom stereocenters. The molecular weight excluding hydrogens is 333 g/mol. The number of hydrogen-bond acceptors (Lipinski definition) is 4. The summed E-state index contributed by atoms with van der Waals surface area (Å²) in [5, 5.41) is 7.48. The number of fused-ring (bicyclic) bond motifs is 1. The molecule has 130 valence electrons. The van der Waals surface area contributed by atoms with E-state index in [-0.39, 0.29) is 11.5 Å². The normalized spacial score (nSPS) is 11.0. The van der Waals surface area contributed by atoms with Crippen molar-refractivity contribution in [2.24, 2.45) is 0 Å². The molecule has 0 bridgehead atoms. The minimum absolute atomic E-state index is 0.291. The highest BCUT2D eigenvalue weighted by Gasteiger charge is 2.13. The van der Waals surface area contributed by atoms with E-state index in [0.29, 0.717) is 23.8 Å². The molecule has 2 aromatic heterocycles. The van der Waals surface area contributed by atoms with Gasteiger partial charge in [0.2, 0.25) is 5.95 Å². The summed E-state index contributed by atoms with van der Waals surface area (Å²) in [4.78, 5) is 17.2. The van der Waals surface area contributed by atoms with E-state index in [2.05, 4.69) is 15.4 Å². The van der Waals surface area contributed by atoms with E-state index in [4.69, 9.17) is 0 Å². The molecule has 0 saturated heterocycles. The third kappa shape index (κ3) is 3.06. The van der Waals surface area contributed by atoms with E-state index >= 15 is 0 Å². The monoisotopic (exact) mass is 349 g/mol. The van der Waals surface area contributed by atoms with Crippen LogP contribution in [-0.4, -0.2) is 19.2 Å². The fourth-order valence-electron chi connectivity index (χ4n) is 2.76. The highest BCUT2D eigenvalue weighted by atomic mass is 19.1. The Morgan fingerprint density at radius 3 is 2.54 bits per heavy atom. The smallest absolute Gasteiger partial charge is 0.325 e. The first-order chi connectivity index (χ1) is 12.6. The molecule has 4 rings (SSSR count). The van der Waals surface area contributed by atoms with Crippen LogP contribution in [0, 0.1) is 12.7 Å². The molecule has 0 aliphatic rings. The van der Waals surface area contributed by atoms with Crippen molar-refractivity contribution in [3.05, 3.63) is 88.2 Å². The van der Waals surface area contributed by atoms with Crippen LogP contribution in [0.25, 0.3) is 5.65 Å². The molecule has 0 fully saturated rings. The quantitative estimate of drug-likeness (QED) is 0.615. The summed E-state index contributed by atoms with van der Waals surface area (Å²) in [6.07, 6.45) is 0. The Hall–Kier alpha value is -3.48. The van der Waals surface area contributed by atoms with Crippen LogP contribution in [-0.2, 0) is 6.54 Å². The van der Waals surface area contributed by atoms with E-state index in [1.165, 1.54) is 21.2 Å². The van der Waals surface area contributed by atoms with Gasteiger partial charge in [-0.05, 0) is 36.8 Å². The summed E-state index contributed by atoms with van der Waals surface area (Å²) < 4.78 is 15.9. The van der Waals surface area contributed by atoms with Crippen LogP contribution in [0.5, 0.6) is 0 Å². The Morgan fingerprint density at radius 1 is 1.08 bits per heavy atom. The van der Waals surface area contributed by atoms with Crippen LogP contribution in [0.1, 0.15) is 11.3 Å². The molecule has 1 N–H and O–H groups in total. The van der Waals surface area contributed by atoms with Crippen LogP contribution in [0.2, 0.25) is 0 Å². The third-order valence-electron chi connectivity index (χ3n) is 3.97. The van der Waals surface area contributed by atoms with E-state index in [9.17, 15) is 9.18 Å². The summed E-state index contributed by atoms with van der Waals surface area (Å²) in [5.74, 6) is 0.0154. The standard InChI is InChI=1S/C19H16FN5O/c1-13-11-17-23-24(12-14-5-3-2-4-6-14)19(26)25(17)18(21-13)22-16-9-7-15(20)8-10-16/h2-11H,12H2,1H3,(H,21,22). The SMILES string of the molecule is Cc1cc2nn(Cc3ccccc3)c(=O)n2c(Nc2ccc(F)cc2)n1. The average Bonchev–Trinajstić information content (AvgIpc) is 2.93. The van der Waals surface area contributed by atoms with E-state index < -0.39 is 0 Å². The average molecular weight is 349 g/mol. The Kier molecular flexibility index (Phi) is 3.96. The first-order valence-corrected chi connectivity index (χ1v) is 8.14. The number of aromatic nitrogens is 4. The number of rotatable bonds is 4. The van der Waals surface area contributed by atoms with Crippen molar-refractivity contribution < 1.29 is 4.39 Å². The lowest BCUT2D eigenvalue weighted by Crippen LogP contribution is -2.23. The maximum atomic E-state index is 13.1. The molecule has 7 heteroatoms. The molecule has 0 aliphatic heterocycles. The van der Waals surface area contributed by atoms with Crippen molar-refractivity contribution in [2.45, 2.75) is 13.5 Å². The first-order valence-electron chi connectivity index (χ1n) is 8.14. The second kappa shape index (κ2) is 6.44. The van der Waals surface area contributed by atoms with Crippen molar-refractivity contribution >= 4 is 17.3 Å². The van der Waals surface area contributed by atoms with Gasteiger partial charge in [-0.2, -0.15) is 0 Å². The largest absolute Gasteiger partial charge is 0.353 e. The highest BCUT2D eigenvalue weighted by molar-refractivity contribution is 5.56. The molecule has 6 nitrogen and oxygen atoms in total. The highest BCUT2D eigenvalue weighted by Crippen LogP contribution is 2.16. The molecule has 0 atom stereocenters. The van der Waals surface area contributed by atoms with Crippen LogP contribution in [0.4, 0.5) is 16.0 Å². The lowest BCUT2D eigenvalue weighted by atomic mass is 10.2. The van der Waals surface area contributed by atoms with Crippen molar-refractivity contribution in [1.29, 1.82) is 0 Å². The van der Waals surface area contributed by atoms with Gasteiger partial charge < -0.3 is 5.32 Å². The maximum absolute atomic E-state index is 13.1. The number of halogens is 1. The number of nitrogens with zero attached hydrogens (tertiary/aromatic N) is 4.